The maximum Gasteiger partial charge on any atom is 0.326 e. The molecule has 0 aliphatic carbocycles. The highest BCUT2D eigenvalue weighted by Gasteiger charge is 2.32. The number of aromatic amines is 1. The summed E-state index contributed by atoms with van der Waals surface area (Å²) in [5.41, 5.74) is 1.09. The van der Waals surface area contributed by atoms with Crippen LogP contribution in [-0.2, 0) is 4.79 Å². The maximum atomic E-state index is 11.2. The van der Waals surface area contributed by atoms with Gasteiger partial charge < -0.3 is 15.0 Å². The second-order valence-electron chi connectivity index (χ2n) is 4.71. The summed E-state index contributed by atoms with van der Waals surface area (Å²) in [6.07, 6.45) is 1.36. The zero-order chi connectivity index (χ0) is 14.3. The minimum Gasteiger partial charge on any atom is -0.480 e. The van der Waals surface area contributed by atoms with E-state index in [-0.39, 0.29) is 5.69 Å². The van der Waals surface area contributed by atoms with Crippen LogP contribution in [0.15, 0.2) is 18.2 Å². The van der Waals surface area contributed by atoms with Gasteiger partial charge in [-0.3, -0.25) is 10.1 Å². The van der Waals surface area contributed by atoms with E-state index < -0.39 is 16.9 Å². The largest absolute Gasteiger partial charge is 0.480 e. The molecule has 0 unspecified atom stereocenters. The normalized spacial score (nSPS) is 18.6. The maximum absolute atomic E-state index is 11.2. The topological polar surface area (TPSA) is 112 Å². The summed E-state index contributed by atoms with van der Waals surface area (Å²) in [6, 6.07) is 3.74. The highest BCUT2D eigenvalue weighted by Crippen LogP contribution is 2.27. The van der Waals surface area contributed by atoms with Gasteiger partial charge in [-0.05, 0) is 18.9 Å². The number of hydrogen-bond donors (Lipinski definition) is 2. The molecule has 2 aromatic rings. The average molecular weight is 276 g/mol. The molecule has 8 heteroatoms. The molecule has 1 fully saturated rings. The molecule has 0 saturated carbocycles. The molecule has 0 amide bonds. The molecule has 8 nitrogen and oxygen atoms in total. The summed E-state index contributed by atoms with van der Waals surface area (Å²) < 4.78 is 0. The van der Waals surface area contributed by atoms with Gasteiger partial charge in [0, 0.05) is 18.7 Å². The lowest BCUT2D eigenvalue weighted by Gasteiger charge is -2.19. The van der Waals surface area contributed by atoms with Crippen molar-refractivity contribution >= 4 is 28.6 Å². The van der Waals surface area contributed by atoms with Crippen LogP contribution >= 0.6 is 0 Å². The molecule has 1 atom stereocenters. The van der Waals surface area contributed by atoms with Gasteiger partial charge in [-0.15, -0.1) is 0 Å². The Hall–Kier alpha value is -2.64. The predicted molar refractivity (Wildman–Crippen MR) is 70.8 cm³/mol. The molecule has 1 aliphatic heterocycles. The van der Waals surface area contributed by atoms with Crippen molar-refractivity contribution in [2.24, 2.45) is 0 Å². The molecule has 2 N–H and O–H groups in total. The third-order valence-electron chi connectivity index (χ3n) is 3.47. The summed E-state index contributed by atoms with van der Waals surface area (Å²) in [5.74, 6) is -0.431. The summed E-state index contributed by atoms with van der Waals surface area (Å²) in [4.78, 5) is 30.4. The van der Waals surface area contributed by atoms with E-state index in [4.69, 9.17) is 5.11 Å². The molecule has 1 saturated heterocycles. The van der Waals surface area contributed by atoms with E-state index >= 15 is 0 Å². The minimum absolute atomic E-state index is 0.0242. The standard InChI is InChI=1S/C12H12N4O4/c17-11(18)10-2-1-5-15(10)12-13-8-4-3-7(16(19)20)6-9(8)14-12/h3-4,6,10H,1-2,5H2,(H,13,14)(H,17,18)/t10-/m0/s1. The summed E-state index contributed by atoms with van der Waals surface area (Å²) in [5, 5.41) is 19.9. The molecular weight excluding hydrogens is 264 g/mol. The van der Waals surface area contributed by atoms with E-state index in [0.29, 0.717) is 29.9 Å². The first-order valence-electron chi connectivity index (χ1n) is 6.20. The number of rotatable bonds is 3. The van der Waals surface area contributed by atoms with Crippen molar-refractivity contribution in [2.45, 2.75) is 18.9 Å². The third kappa shape index (κ3) is 1.94. The highest BCUT2D eigenvalue weighted by molar-refractivity contribution is 5.82. The molecule has 20 heavy (non-hydrogen) atoms. The Bertz CT molecular complexity index is 696. The zero-order valence-electron chi connectivity index (χ0n) is 10.4. The molecule has 0 bridgehead atoms. The van der Waals surface area contributed by atoms with E-state index in [9.17, 15) is 14.9 Å². The summed E-state index contributed by atoms with van der Waals surface area (Å²) >= 11 is 0. The first-order valence-corrected chi connectivity index (χ1v) is 6.20. The lowest BCUT2D eigenvalue weighted by Crippen LogP contribution is -2.36. The van der Waals surface area contributed by atoms with Gasteiger partial charge in [-0.1, -0.05) is 0 Å². The smallest absolute Gasteiger partial charge is 0.326 e. The number of aromatic nitrogens is 2. The number of nitrogens with zero attached hydrogens (tertiary/aromatic N) is 3. The number of nitro benzene ring substituents is 1. The average Bonchev–Trinajstić information content (AvgIpc) is 3.03. The van der Waals surface area contributed by atoms with Crippen LogP contribution < -0.4 is 4.90 Å². The molecule has 3 rings (SSSR count). The lowest BCUT2D eigenvalue weighted by atomic mass is 10.2. The van der Waals surface area contributed by atoms with Gasteiger partial charge in [0.15, 0.2) is 0 Å². The Morgan fingerprint density at radius 2 is 2.35 bits per heavy atom. The van der Waals surface area contributed by atoms with Crippen LogP contribution in [0.1, 0.15) is 12.8 Å². The molecule has 1 aliphatic rings. The fourth-order valence-electron chi connectivity index (χ4n) is 2.51. The van der Waals surface area contributed by atoms with Gasteiger partial charge >= 0.3 is 5.97 Å². The Balaban J connectivity index is 2.00. The Morgan fingerprint density at radius 1 is 1.55 bits per heavy atom. The van der Waals surface area contributed by atoms with Crippen LogP contribution in [0.3, 0.4) is 0 Å². The second-order valence-corrected chi connectivity index (χ2v) is 4.71. The van der Waals surface area contributed by atoms with Crippen LogP contribution in [-0.4, -0.2) is 38.6 Å². The van der Waals surface area contributed by atoms with E-state index in [0.717, 1.165) is 6.42 Å². The monoisotopic (exact) mass is 276 g/mol. The van der Waals surface area contributed by atoms with Gasteiger partial charge in [-0.25, -0.2) is 9.78 Å². The fraction of sp³-hybridized carbons (Fsp3) is 0.333. The van der Waals surface area contributed by atoms with Crippen molar-refractivity contribution in [3.63, 3.8) is 0 Å². The van der Waals surface area contributed by atoms with Gasteiger partial charge in [-0.2, -0.15) is 0 Å². The number of imidazole rings is 1. The minimum atomic E-state index is -0.881. The number of anilines is 1. The van der Waals surface area contributed by atoms with Crippen molar-refractivity contribution in [1.29, 1.82) is 0 Å². The van der Waals surface area contributed by atoms with Gasteiger partial charge in [0.2, 0.25) is 5.95 Å². The molecule has 1 aromatic carbocycles. The van der Waals surface area contributed by atoms with E-state index in [1.54, 1.807) is 11.0 Å². The highest BCUT2D eigenvalue weighted by atomic mass is 16.6. The number of carboxylic acids is 1. The molecule has 0 radical (unpaired) electrons. The van der Waals surface area contributed by atoms with Crippen molar-refractivity contribution < 1.29 is 14.8 Å². The van der Waals surface area contributed by atoms with Crippen LogP contribution in [0.25, 0.3) is 11.0 Å². The summed E-state index contributed by atoms with van der Waals surface area (Å²) in [7, 11) is 0. The zero-order valence-corrected chi connectivity index (χ0v) is 10.4. The van der Waals surface area contributed by atoms with Crippen molar-refractivity contribution in [1.82, 2.24) is 9.97 Å². The first kappa shape index (κ1) is 12.4. The number of aliphatic carboxylic acids is 1. The molecular formula is C12H12N4O4. The first-order chi connectivity index (χ1) is 9.56. The number of nitro groups is 1. The van der Waals surface area contributed by atoms with Gasteiger partial charge in [0.05, 0.1) is 16.0 Å². The summed E-state index contributed by atoms with van der Waals surface area (Å²) in [6.45, 7) is 0.610. The molecule has 2 heterocycles. The number of carbonyl (C=O) groups is 1. The number of hydrogen-bond acceptors (Lipinski definition) is 5. The van der Waals surface area contributed by atoms with E-state index in [2.05, 4.69) is 9.97 Å². The quantitative estimate of drug-likeness (QED) is 0.649. The number of carboxylic acid groups (broad SMARTS) is 1. The number of non-ortho nitro benzene ring substituents is 1. The SMILES string of the molecule is O=C(O)[C@@H]1CCCN1c1nc2ccc([N+](=O)[O-])cc2[nH]1. The Morgan fingerprint density at radius 3 is 3.05 bits per heavy atom. The van der Waals surface area contributed by atoms with E-state index in [1.165, 1.54) is 12.1 Å². The van der Waals surface area contributed by atoms with Crippen LogP contribution in [0, 0.1) is 10.1 Å². The van der Waals surface area contributed by atoms with Crippen molar-refractivity contribution in [3.05, 3.63) is 28.3 Å². The molecule has 0 spiro atoms. The molecule has 104 valence electrons. The lowest BCUT2D eigenvalue weighted by molar-refractivity contribution is -0.384. The van der Waals surface area contributed by atoms with Gasteiger partial charge in [0.1, 0.15) is 6.04 Å². The van der Waals surface area contributed by atoms with Crippen molar-refractivity contribution in [3.8, 4) is 0 Å². The fourth-order valence-corrected chi connectivity index (χ4v) is 2.51. The predicted octanol–water partition coefficient (Wildman–Crippen LogP) is 1.52. The van der Waals surface area contributed by atoms with Gasteiger partial charge in [0.25, 0.3) is 5.69 Å². The number of H-pyrrole nitrogens is 1. The Labute approximate surface area is 113 Å². The van der Waals surface area contributed by atoms with Crippen LogP contribution in [0.2, 0.25) is 0 Å². The van der Waals surface area contributed by atoms with E-state index in [1.807, 2.05) is 0 Å². The second kappa shape index (κ2) is 4.48. The van der Waals surface area contributed by atoms with Crippen LogP contribution in [0.4, 0.5) is 11.6 Å². The molecule has 1 aromatic heterocycles. The third-order valence-corrected chi connectivity index (χ3v) is 3.47. The van der Waals surface area contributed by atoms with Crippen LogP contribution in [0.5, 0.6) is 0 Å². The number of fused-ring (bicyclic) bond motifs is 1. The number of nitrogens with one attached hydrogen (secondary N) is 1. The van der Waals surface area contributed by atoms with Crippen molar-refractivity contribution in [2.75, 3.05) is 11.4 Å². The number of benzene rings is 1. The Kier molecular flexibility index (Phi) is 2.78.